The zero-order chi connectivity index (χ0) is 23.4. The van der Waals surface area contributed by atoms with Crippen LogP contribution in [0.25, 0.3) is 0 Å². The van der Waals surface area contributed by atoms with Gasteiger partial charge in [-0.15, -0.1) is 0 Å². The fraction of sp³-hybridized carbons (Fsp3) is 0.409. The molecule has 0 spiro atoms. The van der Waals surface area contributed by atoms with Crippen LogP contribution >= 0.6 is 23.1 Å². The van der Waals surface area contributed by atoms with Crippen molar-refractivity contribution in [1.82, 2.24) is 10.6 Å². The van der Waals surface area contributed by atoms with Gasteiger partial charge in [-0.05, 0) is 53.0 Å². The van der Waals surface area contributed by atoms with Crippen molar-refractivity contribution < 1.29 is 27.6 Å². The van der Waals surface area contributed by atoms with E-state index in [4.69, 9.17) is 0 Å². The SMILES string of the molecule is O=C(Cc1ccsc1)N[C@@H](CCCSCC(=O)C(F)(F)F)C(=O)NCCc1ccccc1. The number of Topliss-reactive ketones (excluding diaryl/α,β-unsaturated/α-hetero) is 1. The van der Waals surface area contributed by atoms with Crippen LogP contribution in [0, 0.1) is 0 Å². The predicted molar refractivity (Wildman–Crippen MR) is 121 cm³/mol. The van der Waals surface area contributed by atoms with Crippen LogP contribution in [-0.4, -0.2) is 47.9 Å². The molecule has 1 atom stereocenters. The fourth-order valence-corrected chi connectivity index (χ4v) is 4.36. The highest BCUT2D eigenvalue weighted by atomic mass is 32.2. The number of thiophene rings is 1. The van der Waals surface area contributed by atoms with Crippen molar-refractivity contribution in [2.24, 2.45) is 0 Å². The van der Waals surface area contributed by atoms with Crippen molar-refractivity contribution in [3.8, 4) is 0 Å². The van der Waals surface area contributed by atoms with Crippen molar-refractivity contribution in [1.29, 1.82) is 0 Å². The first kappa shape index (κ1) is 25.9. The Kier molecular flexibility index (Phi) is 10.8. The Balaban J connectivity index is 1.83. The monoisotopic (exact) mass is 486 g/mol. The number of halogens is 3. The minimum absolute atomic E-state index is 0.145. The first-order valence-corrected chi connectivity index (χ1v) is 12.2. The number of carbonyl (C=O) groups is 3. The Morgan fingerprint density at radius 2 is 1.81 bits per heavy atom. The molecule has 1 heterocycles. The second-order valence-electron chi connectivity index (χ2n) is 7.07. The highest BCUT2D eigenvalue weighted by Crippen LogP contribution is 2.19. The second-order valence-corrected chi connectivity index (χ2v) is 8.96. The Morgan fingerprint density at radius 1 is 1.06 bits per heavy atom. The van der Waals surface area contributed by atoms with E-state index in [1.54, 1.807) is 0 Å². The first-order valence-electron chi connectivity index (χ1n) is 10.1. The summed E-state index contributed by atoms with van der Waals surface area (Å²) < 4.78 is 36.8. The van der Waals surface area contributed by atoms with E-state index in [9.17, 15) is 27.6 Å². The van der Waals surface area contributed by atoms with E-state index in [1.807, 2.05) is 47.2 Å². The maximum atomic E-state index is 12.6. The van der Waals surface area contributed by atoms with Gasteiger partial charge in [0.1, 0.15) is 6.04 Å². The maximum absolute atomic E-state index is 12.6. The van der Waals surface area contributed by atoms with Gasteiger partial charge in [0.15, 0.2) is 0 Å². The zero-order valence-electron chi connectivity index (χ0n) is 17.3. The second kappa shape index (κ2) is 13.3. The molecule has 0 aliphatic carbocycles. The number of rotatable bonds is 13. The number of carbonyl (C=O) groups excluding carboxylic acids is 3. The lowest BCUT2D eigenvalue weighted by atomic mass is 10.1. The molecule has 0 fully saturated rings. The number of alkyl halides is 3. The van der Waals surface area contributed by atoms with E-state index in [0.717, 1.165) is 22.9 Å². The lowest BCUT2D eigenvalue weighted by Crippen LogP contribution is -2.47. The Bertz CT molecular complexity index is 859. The molecule has 0 saturated heterocycles. The average molecular weight is 487 g/mol. The molecule has 2 aromatic rings. The number of nitrogens with one attached hydrogen (secondary N) is 2. The number of ketones is 1. The Labute approximate surface area is 193 Å². The van der Waals surface area contributed by atoms with Gasteiger partial charge in [0, 0.05) is 6.54 Å². The average Bonchev–Trinajstić information content (AvgIpc) is 3.25. The van der Waals surface area contributed by atoms with Crippen LogP contribution in [0.3, 0.4) is 0 Å². The molecule has 1 aromatic heterocycles. The molecule has 2 amide bonds. The summed E-state index contributed by atoms with van der Waals surface area (Å²) in [4.78, 5) is 35.9. The van der Waals surface area contributed by atoms with Gasteiger partial charge in [0.25, 0.3) is 0 Å². The summed E-state index contributed by atoms with van der Waals surface area (Å²) in [5, 5.41) is 9.25. The molecule has 0 unspecified atom stereocenters. The largest absolute Gasteiger partial charge is 0.450 e. The summed E-state index contributed by atoms with van der Waals surface area (Å²) in [5.41, 5.74) is 1.91. The normalized spacial score (nSPS) is 12.2. The molecule has 10 heteroatoms. The summed E-state index contributed by atoms with van der Waals surface area (Å²) in [6.45, 7) is 0.397. The molecular formula is C22H25F3N2O3S2. The van der Waals surface area contributed by atoms with Gasteiger partial charge < -0.3 is 10.6 Å². The third-order valence-electron chi connectivity index (χ3n) is 4.48. The van der Waals surface area contributed by atoms with Crippen molar-refractivity contribution in [2.75, 3.05) is 18.1 Å². The number of hydrogen-bond acceptors (Lipinski definition) is 5. The molecule has 174 valence electrons. The quantitative estimate of drug-likeness (QED) is 0.423. The lowest BCUT2D eigenvalue weighted by Gasteiger charge is -2.18. The number of hydrogen-bond donors (Lipinski definition) is 2. The van der Waals surface area contributed by atoms with Crippen molar-refractivity contribution >= 4 is 40.7 Å². The fourth-order valence-electron chi connectivity index (χ4n) is 2.83. The summed E-state index contributed by atoms with van der Waals surface area (Å²) in [6.07, 6.45) is -3.40. The third kappa shape index (κ3) is 9.86. The molecule has 0 saturated carbocycles. The number of benzene rings is 1. The summed E-state index contributed by atoms with van der Waals surface area (Å²) in [7, 11) is 0. The minimum Gasteiger partial charge on any atom is -0.354 e. The van der Waals surface area contributed by atoms with Crippen LogP contribution in [0.1, 0.15) is 24.0 Å². The summed E-state index contributed by atoms with van der Waals surface area (Å²) in [5.74, 6) is -2.79. The molecule has 32 heavy (non-hydrogen) atoms. The molecule has 0 aliphatic rings. The van der Waals surface area contributed by atoms with Crippen molar-refractivity contribution in [3.63, 3.8) is 0 Å². The van der Waals surface area contributed by atoms with Crippen LogP contribution in [0.15, 0.2) is 47.2 Å². The van der Waals surface area contributed by atoms with E-state index in [0.29, 0.717) is 19.4 Å². The first-order chi connectivity index (χ1) is 15.3. The topological polar surface area (TPSA) is 75.3 Å². The summed E-state index contributed by atoms with van der Waals surface area (Å²) in [6, 6.07) is 10.7. The van der Waals surface area contributed by atoms with Crippen molar-refractivity contribution in [2.45, 2.75) is 37.9 Å². The van der Waals surface area contributed by atoms with Gasteiger partial charge in [-0.25, -0.2) is 0 Å². The van der Waals surface area contributed by atoms with E-state index in [-0.39, 0.29) is 30.4 Å². The van der Waals surface area contributed by atoms with Crippen LogP contribution in [0.4, 0.5) is 13.2 Å². The van der Waals surface area contributed by atoms with Gasteiger partial charge in [-0.1, -0.05) is 30.3 Å². The molecule has 5 nitrogen and oxygen atoms in total. The van der Waals surface area contributed by atoms with E-state index >= 15 is 0 Å². The highest BCUT2D eigenvalue weighted by Gasteiger charge is 2.37. The van der Waals surface area contributed by atoms with E-state index in [2.05, 4.69) is 10.6 Å². The summed E-state index contributed by atoms with van der Waals surface area (Å²) >= 11 is 2.34. The maximum Gasteiger partial charge on any atom is 0.450 e. The van der Waals surface area contributed by atoms with Crippen molar-refractivity contribution in [3.05, 3.63) is 58.3 Å². The molecule has 0 aliphatic heterocycles. The number of thioether (sulfide) groups is 1. The Hall–Kier alpha value is -2.33. The molecular weight excluding hydrogens is 461 g/mol. The molecule has 2 N–H and O–H groups in total. The molecule has 1 aromatic carbocycles. The third-order valence-corrected chi connectivity index (χ3v) is 6.26. The Morgan fingerprint density at radius 3 is 2.47 bits per heavy atom. The van der Waals surface area contributed by atoms with Gasteiger partial charge in [0.05, 0.1) is 12.2 Å². The van der Waals surface area contributed by atoms with Gasteiger partial charge in [0.2, 0.25) is 17.6 Å². The smallest absolute Gasteiger partial charge is 0.354 e. The van der Waals surface area contributed by atoms with Crippen LogP contribution in [-0.2, 0) is 27.2 Å². The van der Waals surface area contributed by atoms with Gasteiger partial charge >= 0.3 is 6.18 Å². The van der Waals surface area contributed by atoms with Crippen LogP contribution in [0.2, 0.25) is 0 Å². The lowest BCUT2D eigenvalue weighted by molar-refractivity contribution is -0.167. The van der Waals surface area contributed by atoms with E-state index in [1.165, 1.54) is 11.3 Å². The highest BCUT2D eigenvalue weighted by molar-refractivity contribution is 7.99. The number of amides is 2. The predicted octanol–water partition coefficient (Wildman–Crippen LogP) is 3.78. The minimum atomic E-state index is -4.83. The molecule has 0 radical (unpaired) electrons. The standard InChI is InChI=1S/C22H25F3N2O3S2/c23-22(24,25)19(28)15-31-11-4-7-18(27-20(29)13-17-9-12-32-14-17)21(30)26-10-8-16-5-2-1-3-6-16/h1-3,5-6,9,12,14,18H,4,7-8,10-11,13,15H2,(H,26,30)(H,27,29)/t18-/m0/s1. The van der Waals surface area contributed by atoms with Gasteiger partial charge in [-0.2, -0.15) is 36.3 Å². The van der Waals surface area contributed by atoms with Gasteiger partial charge in [-0.3, -0.25) is 14.4 Å². The molecule has 2 rings (SSSR count). The zero-order valence-corrected chi connectivity index (χ0v) is 19.0. The van der Waals surface area contributed by atoms with Crippen LogP contribution in [0.5, 0.6) is 0 Å². The van der Waals surface area contributed by atoms with Crippen LogP contribution < -0.4 is 10.6 Å². The molecule has 0 bridgehead atoms. The van der Waals surface area contributed by atoms with E-state index < -0.39 is 23.8 Å².